The Balaban J connectivity index is 1.59. The van der Waals surface area contributed by atoms with Gasteiger partial charge in [-0.2, -0.15) is 4.98 Å². The number of nitrogens with one attached hydrogen (secondary N) is 1. The number of carboxylic acids is 1. The van der Waals surface area contributed by atoms with Crippen molar-refractivity contribution in [2.24, 2.45) is 0 Å². The van der Waals surface area contributed by atoms with E-state index in [0.717, 1.165) is 30.8 Å². The van der Waals surface area contributed by atoms with Crippen LogP contribution >= 0.6 is 0 Å². The first-order valence-corrected chi connectivity index (χ1v) is 8.68. The summed E-state index contributed by atoms with van der Waals surface area (Å²) in [6, 6.07) is 0. The van der Waals surface area contributed by atoms with Crippen molar-refractivity contribution in [2.45, 2.75) is 37.6 Å². The molecule has 4 rings (SSSR count). The molecular formula is C17H22N6O2. The lowest BCUT2D eigenvalue weighted by molar-refractivity contribution is -0.148. The molecular weight excluding hydrogens is 320 g/mol. The van der Waals surface area contributed by atoms with E-state index >= 15 is 0 Å². The van der Waals surface area contributed by atoms with Gasteiger partial charge in [-0.3, -0.25) is 0 Å². The molecule has 0 unspecified atom stereocenters. The Kier molecular flexibility index (Phi) is 3.82. The largest absolute Gasteiger partial charge is 0.479 e. The highest BCUT2D eigenvalue weighted by Gasteiger charge is 2.43. The van der Waals surface area contributed by atoms with Crippen LogP contribution < -0.4 is 10.2 Å². The van der Waals surface area contributed by atoms with Gasteiger partial charge in [-0.15, -0.1) is 0 Å². The second-order valence-electron chi connectivity index (χ2n) is 6.69. The van der Waals surface area contributed by atoms with Crippen LogP contribution in [0.1, 0.15) is 30.5 Å². The van der Waals surface area contributed by atoms with Gasteiger partial charge in [-0.1, -0.05) is 0 Å². The summed E-state index contributed by atoms with van der Waals surface area (Å²) in [4.78, 5) is 27.5. The average Bonchev–Trinajstić information content (AvgIpc) is 3.32. The third-order valence-corrected chi connectivity index (χ3v) is 5.43. The fraction of sp³-hybridized carbons (Fsp3) is 0.529. The van der Waals surface area contributed by atoms with Crippen LogP contribution in [0.15, 0.2) is 18.7 Å². The summed E-state index contributed by atoms with van der Waals surface area (Å²) in [5.41, 5.74) is 1.41. The summed E-state index contributed by atoms with van der Waals surface area (Å²) < 4.78 is 1.72. The number of nitrogens with zero attached hydrogens (tertiary/aromatic N) is 5. The van der Waals surface area contributed by atoms with Gasteiger partial charge in [0, 0.05) is 38.1 Å². The Morgan fingerprint density at radius 1 is 1.28 bits per heavy atom. The van der Waals surface area contributed by atoms with Gasteiger partial charge in [0.25, 0.3) is 0 Å². The lowest BCUT2D eigenvalue weighted by atomic mass is 9.87. The van der Waals surface area contributed by atoms with E-state index < -0.39 is 11.5 Å². The fourth-order valence-corrected chi connectivity index (χ4v) is 3.94. The Hall–Kier alpha value is -2.64. The molecule has 0 aromatic carbocycles. The number of hydrogen-bond donors (Lipinski definition) is 2. The number of piperidine rings is 1. The van der Waals surface area contributed by atoms with E-state index in [-0.39, 0.29) is 0 Å². The van der Waals surface area contributed by atoms with E-state index in [1.54, 1.807) is 23.3 Å². The smallest absolute Gasteiger partial charge is 0.330 e. The highest BCUT2D eigenvalue weighted by atomic mass is 16.4. The van der Waals surface area contributed by atoms with E-state index in [9.17, 15) is 9.90 Å². The molecule has 0 atom stereocenters. The normalized spacial score (nSPS) is 18.8. The standard InChI is InChI=1S/C17H22N6O2/c1-18-14-12-3-2-4-13(12)20-16(21-14)22-8-5-17(6-9-22,15(24)25)23-10-7-19-11-23/h7,10-11H,2-6,8-9H2,1H3,(H,24,25)(H,18,20,21). The van der Waals surface area contributed by atoms with Crippen LogP contribution in [-0.4, -0.2) is 50.7 Å². The Morgan fingerprint density at radius 3 is 2.72 bits per heavy atom. The minimum Gasteiger partial charge on any atom is -0.479 e. The molecule has 2 N–H and O–H groups in total. The van der Waals surface area contributed by atoms with E-state index in [0.29, 0.717) is 31.9 Å². The molecule has 132 valence electrons. The third-order valence-electron chi connectivity index (χ3n) is 5.43. The van der Waals surface area contributed by atoms with Crippen LogP contribution in [0.2, 0.25) is 0 Å². The molecule has 2 aromatic heterocycles. The molecule has 1 fully saturated rings. The molecule has 8 nitrogen and oxygen atoms in total. The first-order valence-electron chi connectivity index (χ1n) is 8.68. The molecule has 0 radical (unpaired) electrons. The number of carboxylic acid groups (broad SMARTS) is 1. The monoisotopic (exact) mass is 342 g/mol. The number of carbonyl (C=O) groups is 1. The molecule has 2 aliphatic rings. The van der Waals surface area contributed by atoms with Crippen molar-refractivity contribution in [3.8, 4) is 0 Å². The van der Waals surface area contributed by atoms with Crippen LogP contribution in [0.25, 0.3) is 0 Å². The van der Waals surface area contributed by atoms with Crippen LogP contribution in [0.3, 0.4) is 0 Å². The molecule has 1 aliphatic heterocycles. The summed E-state index contributed by atoms with van der Waals surface area (Å²) in [5, 5.41) is 13.0. The van der Waals surface area contributed by atoms with E-state index in [1.807, 2.05) is 7.05 Å². The number of rotatable bonds is 4. The molecule has 0 amide bonds. The second kappa shape index (κ2) is 6.02. The maximum Gasteiger partial charge on any atom is 0.330 e. The van der Waals surface area contributed by atoms with Crippen molar-refractivity contribution in [1.82, 2.24) is 19.5 Å². The van der Waals surface area contributed by atoms with Crippen molar-refractivity contribution >= 4 is 17.7 Å². The molecule has 0 saturated carbocycles. The summed E-state index contributed by atoms with van der Waals surface area (Å²) in [7, 11) is 1.88. The minimum atomic E-state index is -0.935. The number of imidazole rings is 1. The first-order chi connectivity index (χ1) is 12.1. The first kappa shape index (κ1) is 15.9. The van der Waals surface area contributed by atoms with Crippen LogP contribution in [0.5, 0.6) is 0 Å². The Morgan fingerprint density at radius 2 is 2.08 bits per heavy atom. The molecule has 25 heavy (non-hydrogen) atoms. The second-order valence-corrected chi connectivity index (χ2v) is 6.69. The number of aryl methyl sites for hydroxylation is 1. The van der Waals surface area contributed by atoms with Gasteiger partial charge in [-0.25, -0.2) is 14.8 Å². The van der Waals surface area contributed by atoms with Crippen LogP contribution in [-0.2, 0) is 23.2 Å². The molecule has 2 aromatic rings. The number of fused-ring (bicyclic) bond motifs is 1. The van der Waals surface area contributed by atoms with Gasteiger partial charge in [0.15, 0.2) is 0 Å². The van der Waals surface area contributed by atoms with Crippen molar-refractivity contribution in [1.29, 1.82) is 0 Å². The Bertz CT molecular complexity index is 781. The third kappa shape index (κ3) is 2.52. The van der Waals surface area contributed by atoms with Gasteiger partial charge in [0.2, 0.25) is 5.95 Å². The maximum atomic E-state index is 12.0. The van der Waals surface area contributed by atoms with E-state index in [4.69, 9.17) is 4.98 Å². The van der Waals surface area contributed by atoms with Gasteiger partial charge in [0.1, 0.15) is 11.4 Å². The average molecular weight is 342 g/mol. The van der Waals surface area contributed by atoms with Gasteiger partial charge in [-0.05, 0) is 32.1 Å². The van der Waals surface area contributed by atoms with Crippen molar-refractivity contribution in [3.05, 3.63) is 30.0 Å². The molecule has 1 aliphatic carbocycles. The lowest BCUT2D eigenvalue weighted by Crippen LogP contribution is -2.51. The van der Waals surface area contributed by atoms with E-state index in [1.165, 1.54) is 5.56 Å². The molecule has 8 heteroatoms. The zero-order valence-corrected chi connectivity index (χ0v) is 14.3. The van der Waals surface area contributed by atoms with Crippen molar-refractivity contribution in [3.63, 3.8) is 0 Å². The quantitative estimate of drug-likeness (QED) is 0.864. The summed E-state index contributed by atoms with van der Waals surface area (Å²) >= 11 is 0. The molecule has 3 heterocycles. The summed E-state index contributed by atoms with van der Waals surface area (Å²) in [6.07, 6.45) is 9.06. The zero-order chi connectivity index (χ0) is 17.4. The number of hydrogen-bond acceptors (Lipinski definition) is 6. The van der Waals surface area contributed by atoms with Crippen LogP contribution in [0.4, 0.5) is 11.8 Å². The van der Waals surface area contributed by atoms with Gasteiger partial charge in [0.05, 0.1) is 12.0 Å². The van der Waals surface area contributed by atoms with Crippen molar-refractivity contribution in [2.75, 3.05) is 30.4 Å². The molecule has 0 spiro atoms. The highest BCUT2D eigenvalue weighted by molar-refractivity contribution is 5.77. The van der Waals surface area contributed by atoms with Crippen LogP contribution in [0, 0.1) is 0 Å². The zero-order valence-electron chi connectivity index (χ0n) is 14.3. The lowest BCUT2D eigenvalue weighted by Gasteiger charge is -2.39. The summed E-state index contributed by atoms with van der Waals surface area (Å²) in [5.74, 6) is 0.799. The topological polar surface area (TPSA) is 96.2 Å². The Labute approximate surface area is 145 Å². The van der Waals surface area contributed by atoms with Crippen molar-refractivity contribution < 1.29 is 9.90 Å². The predicted octanol–water partition coefficient (Wildman–Crippen LogP) is 1.28. The summed E-state index contributed by atoms with van der Waals surface area (Å²) in [6.45, 7) is 1.21. The molecule has 1 saturated heterocycles. The minimum absolute atomic E-state index is 0.494. The van der Waals surface area contributed by atoms with Gasteiger partial charge < -0.3 is 19.9 Å². The predicted molar refractivity (Wildman–Crippen MR) is 92.9 cm³/mol. The fourth-order valence-electron chi connectivity index (χ4n) is 3.94. The number of anilines is 2. The SMILES string of the molecule is CNc1nc(N2CCC(C(=O)O)(n3ccnc3)CC2)nc2c1CCC2. The highest BCUT2D eigenvalue weighted by Crippen LogP contribution is 2.34. The number of aliphatic carboxylic acids is 1. The van der Waals surface area contributed by atoms with E-state index in [2.05, 4.69) is 20.2 Å². The molecule has 0 bridgehead atoms. The number of aromatic nitrogens is 4. The maximum absolute atomic E-state index is 12.0. The van der Waals surface area contributed by atoms with Gasteiger partial charge >= 0.3 is 5.97 Å².